The van der Waals surface area contributed by atoms with Gasteiger partial charge in [-0.25, -0.2) is 0 Å². The Morgan fingerprint density at radius 1 is 0.854 bits per heavy atom. The fourth-order valence-corrected chi connectivity index (χ4v) is 10.5. The smallest absolute Gasteiger partial charge is 0.224 e. The van der Waals surface area contributed by atoms with Crippen molar-refractivity contribution in [2.45, 2.75) is 97.5 Å². The van der Waals surface area contributed by atoms with E-state index >= 15 is 0 Å². The lowest BCUT2D eigenvalue weighted by Crippen LogP contribution is -2.54. The number of hydrogen-bond donors (Lipinski definition) is 2. The van der Waals surface area contributed by atoms with E-state index in [9.17, 15) is 14.7 Å². The minimum Gasteiger partial charge on any atom is -0.393 e. The number of amides is 1. The van der Waals surface area contributed by atoms with Gasteiger partial charge < -0.3 is 10.4 Å². The van der Waals surface area contributed by atoms with Crippen molar-refractivity contribution in [2.24, 2.45) is 46.3 Å². The quantitative estimate of drug-likeness (QED) is 0.338. The molecule has 0 bridgehead atoms. The first-order valence-corrected chi connectivity index (χ1v) is 16.4. The molecule has 5 unspecified atom stereocenters. The van der Waals surface area contributed by atoms with Crippen molar-refractivity contribution in [3.63, 3.8) is 0 Å². The predicted octanol–water partition coefficient (Wildman–Crippen LogP) is 8.29. The van der Waals surface area contributed by atoms with Gasteiger partial charge in [0, 0.05) is 23.2 Å². The van der Waals surface area contributed by atoms with Gasteiger partial charge in [0.25, 0.3) is 0 Å². The molecule has 0 spiro atoms. The highest BCUT2D eigenvalue weighted by molar-refractivity contribution is 6.09. The average Bonchev–Trinajstić information content (AvgIpc) is 3.34. The molecule has 0 saturated heterocycles. The molecule has 2 aromatic rings. The third-order valence-electron chi connectivity index (χ3n) is 12.7. The van der Waals surface area contributed by atoms with Crippen molar-refractivity contribution in [1.82, 2.24) is 0 Å². The van der Waals surface area contributed by atoms with Crippen LogP contribution in [0.1, 0.15) is 107 Å². The molecule has 4 heteroatoms. The summed E-state index contributed by atoms with van der Waals surface area (Å²) in [5, 5.41) is 13.4. The second kappa shape index (κ2) is 11.3. The van der Waals surface area contributed by atoms with Gasteiger partial charge in [-0.05, 0) is 135 Å². The van der Waals surface area contributed by atoms with Crippen LogP contribution in [0.4, 0.5) is 5.69 Å². The molecule has 0 heterocycles. The summed E-state index contributed by atoms with van der Waals surface area (Å²) in [5.41, 5.74) is 2.88. The van der Waals surface area contributed by atoms with Crippen LogP contribution < -0.4 is 5.32 Å². The van der Waals surface area contributed by atoms with E-state index in [1.807, 2.05) is 42.5 Å². The zero-order valence-corrected chi connectivity index (χ0v) is 25.3. The van der Waals surface area contributed by atoms with Crippen LogP contribution in [0.25, 0.3) is 0 Å². The number of rotatable bonds is 7. The van der Waals surface area contributed by atoms with E-state index in [-0.39, 0.29) is 17.8 Å². The van der Waals surface area contributed by atoms with E-state index < -0.39 is 0 Å². The topological polar surface area (TPSA) is 66.4 Å². The Balaban J connectivity index is 1.03. The van der Waals surface area contributed by atoms with Gasteiger partial charge in [0.05, 0.1) is 6.10 Å². The molecular weight excluding hydrogens is 506 g/mol. The number of carbonyl (C=O) groups excluding carboxylic acids is 2. The van der Waals surface area contributed by atoms with Crippen LogP contribution in [-0.4, -0.2) is 22.9 Å². The third kappa shape index (κ3) is 5.31. The second-order valence-corrected chi connectivity index (χ2v) is 14.7. The number of carbonyl (C=O) groups is 2. The van der Waals surface area contributed by atoms with Crippen LogP contribution in [0.5, 0.6) is 0 Å². The summed E-state index contributed by atoms with van der Waals surface area (Å²) in [6.45, 7) is 7.56. The highest BCUT2D eigenvalue weighted by atomic mass is 16.3. The Hall–Kier alpha value is -2.46. The lowest BCUT2D eigenvalue weighted by atomic mass is 9.44. The van der Waals surface area contributed by atoms with Crippen molar-refractivity contribution in [2.75, 3.05) is 5.32 Å². The Kier molecular flexibility index (Phi) is 7.91. The molecule has 2 N–H and O–H groups in total. The Morgan fingerprint density at radius 3 is 2.29 bits per heavy atom. The molecule has 4 nitrogen and oxygen atoms in total. The number of nitrogens with one attached hydrogen (secondary N) is 1. The van der Waals surface area contributed by atoms with Crippen molar-refractivity contribution in [3.05, 3.63) is 65.7 Å². The SMILES string of the molecule is CC(CCC(=O)Nc1ccc(C(=O)c2ccccc2)cc1)[C@H]1CCC2C3CCC4C[C@H](O)CC[C@]4(C)C3CC[C@@]21C. The summed E-state index contributed by atoms with van der Waals surface area (Å²) >= 11 is 0. The molecule has 4 saturated carbocycles. The summed E-state index contributed by atoms with van der Waals surface area (Å²) in [4.78, 5) is 25.6. The number of fused-ring (bicyclic) bond motifs is 5. The van der Waals surface area contributed by atoms with E-state index in [2.05, 4.69) is 26.1 Å². The molecular formula is C37H49NO3. The maximum atomic E-state index is 12.9. The molecule has 41 heavy (non-hydrogen) atoms. The van der Waals surface area contributed by atoms with Crippen molar-refractivity contribution >= 4 is 17.4 Å². The largest absolute Gasteiger partial charge is 0.393 e. The van der Waals surface area contributed by atoms with Crippen LogP contribution in [0.2, 0.25) is 0 Å². The molecule has 4 aliphatic carbocycles. The summed E-state index contributed by atoms with van der Waals surface area (Å²) in [5.74, 6) is 4.51. The maximum Gasteiger partial charge on any atom is 0.224 e. The first-order valence-electron chi connectivity index (χ1n) is 16.4. The summed E-state index contributed by atoms with van der Waals surface area (Å²) in [7, 11) is 0. The van der Waals surface area contributed by atoms with Gasteiger partial charge in [0.1, 0.15) is 0 Å². The van der Waals surface area contributed by atoms with Gasteiger partial charge in [0.15, 0.2) is 5.78 Å². The van der Waals surface area contributed by atoms with Crippen LogP contribution in [-0.2, 0) is 4.79 Å². The standard InChI is InChI=1S/C37H49NO3/c1-24(9-18-34(40)38-28-13-10-26(11-14-28)35(41)25-7-5-4-6-8-25)31-16-17-32-30-15-12-27-23-29(39)19-21-36(27,2)33(30)20-22-37(31,32)3/h4-8,10-11,13-14,24,27,29-33,39H,9,12,15-23H2,1-3H3,(H,38,40)/t24?,27?,29-,30?,31-,32?,33?,36+,37-/m1/s1. The van der Waals surface area contributed by atoms with Gasteiger partial charge in [0.2, 0.25) is 5.91 Å². The van der Waals surface area contributed by atoms with E-state index in [1.54, 1.807) is 12.1 Å². The average molecular weight is 556 g/mol. The van der Waals surface area contributed by atoms with Crippen molar-refractivity contribution in [3.8, 4) is 0 Å². The molecule has 0 aliphatic heterocycles. The number of benzene rings is 2. The Labute approximate surface area is 246 Å². The Bertz CT molecular complexity index is 1240. The van der Waals surface area contributed by atoms with E-state index in [4.69, 9.17) is 0 Å². The minimum atomic E-state index is -0.0735. The van der Waals surface area contributed by atoms with Crippen LogP contribution in [0.3, 0.4) is 0 Å². The predicted molar refractivity (Wildman–Crippen MR) is 165 cm³/mol. The highest BCUT2D eigenvalue weighted by Gasteiger charge is 2.60. The van der Waals surface area contributed by atoms with Crippen LogP contribution in [0, 0.1) is 46.3 Å². The van der Waals surface area contributed by atoms with Crippen molar-refractivity contribution < 1.29 is 14.7 Å². The van der Waals surface area contributed by atoms with Gasteiger partial charge in [-0.1, -0.05) is 51.1 Å². The van der Waals surface area contributed by atoms with Gasteiger partial charge in [-0.15, -0.1) is 0 Å². The summed E-state index contributed by atoms with van der Waals surface area (Å²) in [6.07, 6.45) is 12.6. The molecule has 2 aromatic carbocycles. The van der Waals surface area contributed by atoms with Crippen LogP contribution in [0.15, 0.2) is 54.6 Å². The maximum absolute atomic E-state index is 12.9. The fourth-order valence-electron chi connectivity index (χ4n) is 10.5. The van der Waals surface area contributed by atoms with Crippen molar-refractivity contribution in [1.29, 1.82) is 0 Å². The molecule has 9 atom stereocenters. The molecule has 4 fully saturated rings. The number of ketones is 1. The van der Waals surface area contributed by atoms with E-state index in [1.165, 1.54) is 44.9 Å². The number of hydrogen-bond acceptors (Lipinski definition) is 3. The van der Waals surface area contributed by atoms with E-state index in [0.29, 0.717) is 46.1 Å². The van der Waals surface area contributed by atoms with Gasteiger partial charge in [-0.3, -0.25) is 9.59 Å². The minimum absolute atomic E-state index is 0.00520. The molecule has 6 rings (SSSR count). The first-order chi connectivity index (χ1) is 19.7. The molecule has 0 aromatic heterocycles. The monoisotopic (exact) mass is 555 g/mol. The number of anilines is 1. The molecule has 4 aliphatic rings. The lowest BCUT2D eigenvalue weighted by molar-refractivity contribution is -0.129. The number of aliphatic hydroxyl groups excluding tert-OH is 1. The summed E-state index contributed by atoms with van der Waals surface area (Å²) in [6, 6.07) is 16.6. The normalized spacial score (nSPS) is 36.9. The summed E-state index contributed by atoms with van der Waals surface area (Å²) < 4.78 is 0. The Morgan fingerprint density at radius 2 is 1.54 bits per heavy atom. The molecule has 0 radical (unpaired) electrons. The van der Waals surface area contributed by atoms with Crippen LogP contribution >= 0.6 is 0 Å². The highest BCUT2D eigenvalue weighted by Crippen LogP contribution is 2.68. The first kappa shape index (κ1) is 28.6. The molecule has 220 valence electrons. The van der Waals surface area contributed by atoms with E-state index in [0.717, 1.165) is 42.7 Å². The van der Waals surface area contributed by atoms with Gasteiger partial charge >= 0.3 is 0 Å². The zero-order valence-electron chi connectivity index (χ0n) is 25.3. The van der Waals surface area contributed by atoms with Gasteiger partial charge in [-0.2, -0.15) is 0 Å². The second-order valence-electron chi connectivity index (χ2n) is 14.7. The third-order valence-corrected chi connectivity index (χ3v) is 12.7. The fraction of sp³-hybridized carbons (Fsp3) is 0.622. The zero-order chi connectivity index (χ0) is 28.8. The lowest BCUT2D eigenvalue weighted by Gasteiger charge is -2.61. The number of aliphatic hydroxyl groups is 1. The molecule has 1 amide bonds.